The predicted octanol–water partition coefficient (Wildman–Crippen LogP) is 1.45. The lowest BCUT2D eigenvalue weighted by molar-refractivity contribution is -0.114. The van der Waals surface area contributed by atoms with Gasteiger partial charge in [-0.25, -0.2) is 0 Å². The Morgan fingerprint density at radius 1 is 1.44 bits per heavy atom. The van der Waals surface area contributed by atoms with E-state index in [1.54, 1.807) is 0 Å². The number of amides is 1. The molecule has 0 saturated heterocycles. The highest BCUT2D eigenvalue weighted by Gasteiger charge is 2.04. The van der Waals surface area contributed by atoms with Gasteiger partial charge in [0, 0.05) is 31.5 Å². The molecular weight excluding hydrogens is 232 g/mol. The van der Waals surface area contributed by atoms with Crippen molar-refractivity contribution in [2.45, 2.75) is 20.0 Å². The summed E-state index contributed by atoms with van der Waals surface area (Å²) >= 11 is 0. The molecule has 100 valence electrons. The van der Waals surface area contributed by atoms with Gasteiger partial charge in [-0.1, -0.05) is 6.07 Å². The Bertz CT molecular complexity index is 382. The van der Waals surface area contributed by atoms with Crippen LogP contribution < -0.4 is 10.6 Å². The average molecular weight is 252 g/mol. The quantitative estimate of drug-likeness (QED) is 0.687. The van der Waals surface area contributed by atoms with Gasteiger partial charge < -0.3 is 20.5 Å². The summed E-state index contributed by atoms with van der Waals surface area (Å²) in [5.74, 6) is -0.108. The zero-order valence-corrected chi connectivity index (χ0v) is 10.8. The number of hydrogen-bond donors (Lipinski definition) is 3. The first-order chi connectivity index (χ1) is 8.61. The van der Waals surface area contributed by atoms with Gasteiger partial charge in [-0.15, -0.1) is 0 Å². The Kier molecular flexibility index (Phi) is 6.18. The minimum absolute atomic E-state index is 0.108. The number of carbonyl (C=O) groups excluding carboxylic acids is 1. The molecule has 5 heteroatoms. The number of hydrogen-bond acceptors (Lipinski definition) is 4. The fourth-order valence-electron chi connectivity index (χ4n) is 1.46. The topological polar surface area (TPSA) is 70.6 Å². The van der Waals surface area contributed by atoms with E-state index in [4.69, 9.17) is 4.74 Å². The molecule has 0 aliphatic carbocycles. The molecule has 1 atom stereocenters. The minimum Gasteiger partial charge on any atom is -0.389 e. The van der Waals surface area contributed by atoms with Crippen molar-refractivity contribution in [3.8, 4) is 0 Å². The molecule has 0 radical (unpaired) electrons. The third-order valence-corrected chi connectivity index (χ3v) is 2.24. The number of aliphatic hydroxyl groups excluding tert-OH is 1. The fraction of sp³-hybridized carbons (Fsp3) is 0.462. The smallest absolute Gasteiger partial charge is 0.221 e. The van der Waals surface area contributed by atoms with E-state index in [0.29, 0.717) is 19.8 Å². The normalized spacial score (nSPS) is 11.9. The Hall–Kier alpha value is -1.59. The Morgan fingerprint density at radius 3 is 2.83 bits per heavy atom. The van der Waals surface area contributed by atoms with E-state index in [-0.39, 0.29) is 5.91 Å². The number of aliphatic hydroxyl groups is 1. The van der Waals surface area contributed by atoms with Crippen LogP contribution in [0.25, 0.3) is 0 Å². The van der Waals surface area contributed by atoms with Crippen molar-refractivity contribution >= 4 is 17.3 Å². The van der Waals surface area contributed by atoms with Crippen LogP contribution in [0.4, 0.5) is 11.4 Å². The third kappa shape index (κ3) is 5.65. The summed E-state index contributed by atoms with van der Waals surface area (Å²) in [7, 11) is 0. The molecule has 0 aromatic heterocycles. The Morgan fingerprint density at radius 2 is 2.17 bits per heavy atom. The summed E-state index contributed by atoms with van der Waals surface area (Å²) in [6.45, 7) is 4.66. The van der Waals surface area contributed by atoms with Crippen LogP contribution in [0.2, 0.25) is 0 Å². The molecule has 5 nitrogen and oxygen atoms in total. The molecule has 0 fully saturated rings. The van der Waals surface area contributed by atoms with E-state index in [1.165, 1.54) is 6.92 Å². The van der Waals surface area contributed by atoms with Crippen LogP contribution >= 0.6 is 0 Å². The maximum Gasteiger partial charge on any atom is 0.221 e. The standard InChI is InChI=1S/C13H20N2O3/c1-3-18-9-13(17)8-14-11-5-4-6-12(7-11)15-10(2)16/h4-7,13-14,17H,3,8-9H2,1-2H3,(H,15,16). The van der Waals surface area contributed by atoms with E-state index in [2.05, 4.69) is 10.6 Å². The summed E-state index contributed by atoms with van der Waals surface area (Å²) in [6, 6.07) is 7.33. The highest BCUT2D eigenvalue weighted by Crippen LogP contribution is 2.14. The van der Waals surface area contributed by atoms with Gasteiger partial charge in [-0.3, -0.25) is 4.79 Å². The second kappa shape index (κ2) is 7.68. The lowest BCUT2D eigenvalue weighted by Crippen LogP contribution is -2.24. The van der Waals surface area contributed by atoms with Gasteiger partial charge in [0.05, 0.1) is 12.7 Å². The predicted molar refractivity (Wildman–Crippen MR) is 71.7 cm³/mol. The Balaban J connectivity index is 2.44. The van der Waals surface area contributed by atoms with Gasteiger partial charge in [-0.2, -0.15) is 0 Å². The first-order valence-corrected chi connectivity index (χ1v) is 5.99. The highest BCUT2D eigenvalue weighted by molar-refractivity contribution is 5.89. The minimum atomic E-state index is -0.547. The van der Waals surface area contributed by atoms with Gasteiger partial charge >= 0.3 is 0 Å². The number of carbonyl (C=O) groups is 1. The molecule has 0 spiro atoms. The van der Waals surface area contributed by atoms with Gasteiger partial charge in [0.15, 0.2) is 0 Å². The highest BCUT2D eigenvalue weighted by atomic mass is 16.5. The summed E-state index contributed by atoms with van der Waals surface area (Å²) in [6.07, 6.45) is -0.547. The van der Waals surface area contributed by atoms with Crippen LogP contribution in [0.1, 0.15) is 13.8 Å². The largest absolute Gasteiger partial charge is 0.389 e. The lowest BCUT2D eigenvalue weighted by atomic mass is 10.2. The van der Waals surface area contributed by atoms with Gasteiger partial charge in [0.2, 0.25) is 5.91 Å². The van der Waals surface area contributed by atoms with Gasteiger partial charge in [-0.05, 0) is 25.1 Å². The number of nitrogens with one attached hydrogen (secondary N) is 2. The lowest BCUT2D eigenvalue weighted by Gasteiger charge is -2.13. The van der Waals surface area contributed by atoms with E-state index in [9.17, 15) is 9.90 Å². The second-order valence-electron chi connectivity index (χ2n) is 3.96. The van der Waals surface area contributed by atoms with Crippen molar-refractivity contribution in [3.63, 3.8) is 0 Å². The van der Waals surface area contributed by atoms with Gasteiger partial charge in [0.1, 0.15) is 0 Å². The third-order valence-electron chi connectivity index (χ3n) is 2.24. The molecular formula is C13H20N2O3. The molecule has 1 rings (SSSR count). The van der Waals surface area contributed by atoms with E-state index in [0.717, 1.165) is 11.4 Å². The molecule has 18 heavy (non-hydrogen) atoms. The number of rotatable bonds is 7. The molecule has 0 aliphatic heterocycles. The van der Waals surface area contributed by atoms with Crippen LogP contribution in [0, 0.1) is 0 Å². The van der Waals surface area contributed by atoms with E-state index in [1.807, 2.05) is 31.2 Å². The first-order valence-electron chi connectivity index (χ1n) is 5.99. The molecule has 1 amide bonds. The molecule has 1 unspecified atom stereocenters. The van der Waals surface area contributed by atoms with Crippen molar-refractivity contribution in [1.29, 1.82) is 0 Å². The summed E-state index contributed by atoms with van der Waals surface area (Å²) in [5, 5.41) is 15.4. The molecule has 3 N–H and O–H groups in total. The zero-order valence-electron chi connectivity index (χ0n) is 10.8. The van der Waals surface area contributed by atoms with Crippen LogP contribution in [-0.4, -0.2) is 36.9 Å². The summed E-state index contributed by atoms with van der Waals surface area (Å²) < 4.78 is 5.11. The molecule has 1 aromatic carbocycles. The van der Waals surface area contributed by atoms with Gasteiger partial charge in [0.25, 0.3) is 0 Å². The molecule has 0 saturated carbocycles. The average Bonchev–Trinajstić information content (AvgIpc) is 2.33. The van der Waals surface area contributed by atoms with Crippen molar-refractivity contribution in [3.05, 3.63) is 24.3 Å². The van der Waals surface area contributed by atoms with Crippen LogP contribution in [0.15, 0.2) is 24.3 Å². The van der Waals surface area contributed by atoms with Crippen molar-refractivity contribution in [1.82, 2.24) is 0 Å². The second-order valence-corrected chi connectivity index (χ2v) is 3.96. The van der Waals surface area contributed by atoms with Crippen molar-refractivity contribution in [2.75, 3.05) is 30.4 Å². The SMILES string of the molecule is CCOCC(O)CNc1cccc(NC(C)=O)c1. The Labute approximate surface area is 107 Å². The molecule has 0 bridgehead atoms. The van der Waals surface area contributed by atoms with Crippen LogP contribution in [-0.2, 0) is 9.53 Å². The monoisotopic (exact) mass is 252 g/mol. The zero-order chi connectivity index (χ0) is 13.4. The summed E-state index contributed by atoms with van der Waals surface area (Å²) in [4.78, 5) is 10.9. The number of benzene rings is 1. The van der Waals surface area contributed by atoms with Crippen LogP contribution in [0.3, 0.4) is 0 Å². The maximum absolute atomic E-state index is 10.9. The number of anilines is 2. The van der Waals surface area contributed by atoms with E-state index < -0.39 is 6.10 Å². The number of ether oxygens (including phenoxy) is 1. The van der Waals surface area contributed by atoms with Crippen molar-refractivity contribution in [2.24, 2.45) is 0 Å². The molecule has 0 aliphatic rings. The van der Waals surface area contributed by atoms with E-state index >= 15 is 0 Å². The van der Waals surface area contributed by atoms with Crippen molar-refractivity contribution < 1.29 is 14.6 Å². The first kappa shape index (κ1) is 14.5. The fourth-order valence-corrected chi connectivity index (χ4v) is 1.46. The molecule has 0 heterocycles. The maximum atomic E-state index is 10.9. The van der Waals surface area contributed by atoms with Crippen LogP contribution in [0.5, 0.6) is 0 Å². The molecule has 1 aromatic rings. The summed E-state index contributed by atoms with van der Waals surface area (Å²) in [5.41, 5.74) is 1.57.